The number of rotatable bonds is 9. The summed E-state index contributed by atoms with van der Waals surface area (Å²) in [7, 11) is -3.71. The minimum atomic E-state index is -3.71. The Morgan fingerprint density at radius 3 is 2.39 bits per heavy atom. The number of hydrogen-bond acceptors (Lipinski definition) is 7. The quantitative estimate of drug-likeness (QED) is 0.514. The van der Waals surface area contributed by atoms with E-state index in [4.69, 9.17) is 9.47 Å². The van der Waals surface area contributed by atoms with Crippen molar-refractivity contribution >= 4 is 15.8 Å². The van der Waals surface area contributed by atoms with E-state index in [1.54, 1.807) is 18.2 Å². The third-order valence-electron chi connectivity index (χ3n) is 6.75. The molecule has 0 aliphatic carbocycles. The average Bonchev–Trinajstić information content (AvgIpc) is 2.87. The second kappa shape index (κ2) is 11.9. The molecule has 4 rings (SSSR count). The lowest BCUT2D eigenvalue weighted by atomic mass is 10.0. The third kappa shape index (κ3) is 6.59. The van der Waals surface area contributed by atoms with Gasteiger partial charge in [-0.3, -0.25) is 9.69 Å². The van der Waals surface area contributed by atoms with Gasteiger partial charge in [-0.05, 0) is 38.5 Å². The van der Waals surface area contributed by atoms with E-state index < -0.39 is 10.0 Å². The van der Waals surface area contributed by atoms with Crippen LogP contribution in [-0.4, -0.2) is 88.1 Å². The molecule has 0 amide bonds. The molecule has 196 valence electrons. The maximum atomic E-state index is 13.2. The first-order valence-corrected chi connectivity index (χ1v) is 14.1. The van der Waals surface area contributed by atoms with Gasteiger partial charge in [-0.25, -0.2) is 8.42 Å². The topological polar surface area (TPSA) is 88.2 Å². The lowest BCUT2D eigenvalue weighted by Gasteiger charge is -2.35. The van der Waals surface area contributed by atoms with Crippen molar-refractivity contribution < 1.29 is 22.7 Å². The van der Waals surface area contributed by atoms with Gasteiger partial charge in [0.15, 0.2) is 5.78 Å². The maximum absolute atomic E-state index is 13.2. The normalized spacial score (nSPS) is 22.9. The lowest BCUT2D eigenvalue weighted by molar-refractivity contribution is -0.0440. The van der Waals surface area contributed by atoms with Crippen molar-refractivity contribution in [3.05, 3.63) is 65.2 Å². The number of nitrogens with zero attached hydrogens (tertiary/aromatic N) is 2. The van der Waals surface area contributed by atoms with Crippen LogP contribution in [0.3, 0.4) is 0 Å². The molecule has 2 aliphatic heterocycles. The largest absolute Gasteiger partial charge is 0.379 e. The summed E-state index contributed by atoms with van der Waals surface area (Å²) in [5.41, 5.74) is 2.79. The Kier molecular flexibility index (Phi) is 8.92. The van der Waals surface area contributed by atoms with Crippen LogP contribution in [-0.2, 0) is 19.5 Å². The first-order chi connectivity index (χ1) is 17.2. The van der Waals surface area contributed by atoms with Gasteiger partial charge < -0.3 is 14.8 Å². The third-order valence-corrected chi connectivity index (χ3v) is 8.58. The smallest absolute Gasteiger partial charge is 0.243 e. The molecular weight excluding hydrogens is 478 g/mol. The van der Waals surface area contributed by atoms with Crippen molar-refractivity contribution in [1.29, 1.82) is 0 Å². The average molecular weight is 516 g/mol. The monoisotopic (exact) mass is 515 g/mol. The van der Waals surface area contributed by atoms with Gasteiger partial charge in [0.2, 0.25) is 10.0 Å². The fourth-order valence-corrected chi connectivity index (χ4v) is 6.50. The molecule has 2 aromatic rings. The predicted octanol–water partition coefficient (Wildman–Crippen LogP) is 2.64. The minimum absolute atomic E-state index is 0.124. The lowest BCUT2D eigenvalue weighted by Crippen LogP contribution is -2.48. The van der Waals surface area contributed by atoms with Crippen molar-refractivity contribution in [3.8, 4) is 0 Å². The van der Waals surface area contributed by atoms with E-state index in [2.05, 4.69) is 41.4 Å². The second-order valence-electron chi connectivity index (χ2n) is 9.74. The van der Waals surface area contributed by atoms with Crippen LogP contribution in [0.5, 0.6) is 0 Å². The maximum Gasteiger partial charge on any atom is 0.243 e. The van der Waals surface area contributed by atoms with Gasteiger partial charge >= 0.3 is 0 Å². The zero-order valence-electron chi connectivity index (χ0n) is 21.4. The van der Waals surface area contributed by atoms with Crippen LogP contribution in [0, 0.1) is 6.92 Å². The van der Waals surface area contributed by atoms with Gasteiger partial charge in [-0.1, -0.05) is 42.0 Å². The van der Waals surface area contributed by atoms with Crippen molar-refractivity contribution in [1.82, 2.24) is 14.5 Å². The van der Waals surface area contributed by atoms with Crippen LogP contribution >= 0.6 is 0 Å². The van der Waals surface area contributed by atoms with Gasteiger partial charge in [0.25, 0.3) is 0 Å². The summed E-state index contributed by atoms with van der Waals surface area (Å²) in [6, 6.07) is 15.0. The standard InChI is InChI=1S/C27H37N3O5S/c1-20-7-9-23(10-8-20)26(29-11-13-34-14-12-29)16-28-17-27(31)24-5-4-6-25(15-24)36(32,33)30-18-21(2)35-22(3)19-30/h4-10,15,21-22,26,28H,11-14,16-19H2,1-3H3. The molecule has 0 aromatic heterocycles. The molecule has 2 heterocycles. The second-order valence-corrected chi connectivity index (χ2v) is 11.7. The highest BCUT2D eigenvalue weighted by molar-refractivity contribution is 7.89. The van der Waals surface area contributed by atoms with Crippen LogP contribution in [0.15, 0.2) is 53.4 Å². The molecule has 2 aromatic carbocycles. The van der Waals surface area contributed by atoms with E-state index in [-0.39, 0.29) is 35.5 Å². The Labute approximate surface area is 214 Å². The van der Waals surface area contributed by atoms with Gasteiger partial charge in [0.1, 0.15) is 0 Å². The Balaban J connectivity index is 1.42. The molecule has 8 nitrogen and oxygen atoms in total. The van der Waals surface area contributed by atoms with Crippen LogP contribution in [0.4, 0.5) is 0 Å². The number of ether oxygens (including phenoxy) is 2. The molecule has 2 saturated heterocycles. The van der Waals surface area contributed by atoms with E-state index in [1.807, 2.05) is 13.8 Å². The molecule has 2 aliphatic rings. The zero-order valence-corrected chi connectivity index (χ0v) is 22.2. The first-order valence-electron chi connectivity index (χ1n) is 12.6. The predicted molar refractivity (Wildman–Crippen MR) is 139 cm³/mol. The summed E-state index contributed by atoms with van der Waals surface area (Å²) in [6.07, 6.45) is -0.351. The number of hydrogen-bond donors (Lipinski definition) is 1. The Bertz CT molecular complexity index is 1120. The number of ketones is 1. The Morgan fingerprint density at radius 1 is 1.06 bits per heavy atom. The Hall–Kier alpha value is -2.14. The Morgan fingerprint density at radius 2 is 1.72 bits per heavy atom. The van der Waals surface area contributed by atoms with Crippen LogP contribution in [0.25, 0.3) is 0 Å². The van der Waals surface area contributed by atoms with E-state index >= 15 is 0 Å². The summed E-state index contributed by atoms with van der Waals surface area (Å²) < 4.78 is 39.1. The molecular formula is C27H37N3O5S. The molecule has 2 fully saturated rings. The number of sulfonamides is 1. The number of nitrogens with one attached hydrogen (secondary N) is 1. The molecule has 9 heteroatoms. The van der Waals surface area contributed by atoms with Crippen molar-refractivity contribution in [2.45, 2.75) is 43.9 Å². The van der Waals surface area contributed by atoms with Crippen LogP contribution in [0.1, 0.15) is 41.4 Å². The van der Waals surface area contributed by atoms with E-state index in [9.17, 15) is 13.2 Å². The van der Waals surface area contributed by atoms with Crippen molar-refractivity contribution in [2.75, 3.05) is 52.5 Å². The molecule has 1 N–H and O–H groups in total. The van der Waals surface area contributed by atoms with Crippen molar-refractivity contribution in [3.63, 3.8) is 0 Å². The highest BCUT2D eigenvalue weighted by atomic mass is 32.2. The summed E-state index contributed by atoms with van der Waals surface area (Å²) in [6.45, 7) is 10.2. The number of carbonyl (C=O) groups excluding carboxylic acids is 1. The summed E-state index contributed by atoms with van der Waals surface area (Å²) in [5.74, 6) is -0.139. The van der Waals surface area contributed by atoms with Gasteiger partial charge in [0, 0.05) is 44.3 Å². The molecule has 0 radical (unpaired) electrons. The van der Waals surface area contributed by atoms with Gasteiger partial charge in [-0.2, -0.15) is 4.31 Å². The molecule has 0 bridgehead atoms. The summed E-state index contributed by atoms with van der Waals surface area (Å²) in [5, 5.41) is 3.32. The molecule has 36 heavy (non-hydrogen) atoms. The SMILES string of the molecule is Cc1ccc(C(CNCC(=O)c2cccc(S(=O)(=O)N3CC(C)OC(C)C3)c2)N2CCOCC2)cc1. The van der Waals surface area contributed by atoms with Gasteiger partial charge in [-0.15, -0.1) is 0 Å². The van der Waals surface area contributed by atoms with E-state index in [1.165, 1.54) is 21.5 Å². The van der Waals surface area contributed by atoms with Crippen LogP contribution < -0.4 is 5.32 Å². The summed E-state index contributed by atoms with van der Waals surface area (Å²) >= 11 is 0. The fraction of sp³-hybridized carbons (Fsp3) is 0.519. The number of morpholine rings is 2. The zero-order chi connectivity index (χ0) is 25.7. The van der Waals surface area contributed by atoms with E-state index in [0.717, 1.165) is 13.1 Å². The van der Waals surface area contributed by atoms with Crippen molar-refractivity contribution in [2.24, 2.45) is 0 Å². The molecule has 3 atom stereocenters. The highest BCUT2D eigenvalue weighted by Crippen LogP contribution is 2.23. The summed E-state index contributed by atoms with van der Waals surface area (Å²) in [4.78, 5) is 15.5. The number of aryl methyl sites for hydroxylation is 1. The molecule has 0 saturated carbocycles. The van der Waals surface area contributed by atoms with Gasteiger partial charge in [0.05, 0.1) is 36.9 Å². The number of benzene rings is 2. The molecule has 3 unspecified atom stereocenters. The minimum Gasteiger partial charge on any atom is -0.379 e. The first kappa shape index (κ1) is 26.9. The van der Waals surface area contributed by atoms with Crippen LogP contribution in [0.2, 0.25) is 0 Å². The number of Topliss-reactive ketones (excluding diaryl/α,β-unsaturated/α-hetero) is 1. The highest BCUT2D eigenvalue weighted by Gasteiger charge is 2.32. The van der Waals surface area contributed by atoms with E-state index in [0.29, 0.717) is 38.4 Å². The number of carbonyl (C=O) groups is 1. The molecule has 0 spiro atoms. The fourth-order valence-electron chi connectivity index (χ4n) is 4.87.